The molecule has 0 aromatic heterocycles. The molecule has 3 aromatic rings. The number of ether oxygens (including phenoxy) is 1. The van der Waals surface area contributed by atoms with Crippen molar-refractivity contribution >= 4 is 37.3 Å². The Morgan fingerprint density at radius 3 is 2.08 bits per heavy atom. The van der Waals surface area contributed by atoms with Crippen molar-refractivity contribution in [3.05, 3.63) is 84.4 Å². The summed E-state index contributed by atoms with van der Waals surface area (Å²) in [5.41, 5.74) is 1.60. The molecule has 1 heterocycles. The predicted octanol–water partition coefficient (Wildman–Crippen LogP) is 4.07. The van der Waals surface area contributed by atoms with Crippen LogP contribution < -0.4 is 14.8 Å². The van der Waals surface area contributed by atoms with Crippen LogP contribution in [0.15, 0.2) is 83.8 Å². The van der Waals surface area contributed by atoms with E-state index in [9.17, 15) is 21.6 Å². The number of hydrogen-bond donors (Lipinski definition) is 2. The third kappa shape index (κ3) is 7.12. The second-order valence-electron chi connectivity index (χ2n) is 8.99. The van der Waals surface area contributed by atoms with Gasteiger partial charge in [-0.15, -0.1) is 0 Å². The van der Waals surface area contributed by atoms with Crippen LogP contribution >= 0.6 is 0 Å². The zero-order valence-corrected chi connectivity index (χ0v) is 22.7. The van der Waals surface area contributed by atoms with Gasteiger partial charge in [0.25, 0.3) is 10.0 Å². The molecule has 3 aromatic carbocycles. The molecule has 1 fully saturated rings. The van der Waals surface area contributed by atoms with Gasteiger partial charge in [0.05, 0.1) is 17.3 Å². The van der Waals surface area contributed by atoms with E-state index in [0.717, 1.165) is 5.56 Å². The summed E-state index contributed by atoms with van der Waals surface area (Å²) in [7, 11) is -7.27. The molecule has 0 bridgehead atoms. The van der Waals surface area contributed by atoms with Gasteiger partial charge in [-0.05, 0) is 73.9 Å². The Morgan fingerprint density at radius 1 is 0.868 bits per heavy atom. The van der Waals surface area contributed by atoms with E-state index in [1.54, 1.807) is 36.4 Å². The van der Waals surface area contributed by atoms with Crippen molar-refractivity contribution in [2.75, 3.05) is 29.7 Å². The summed E-state index contributed by atoms with van der Waals surface area (Å²) < 4.78 is 60.3. The molecular weight excluding hydrogens is 526 g/mol. The van der Waals surface area contributed by atoms with Crippen LogP contribution in [0, 0.1) is 5.92 Å². The molecule has 0 atom stereocenters. The Morgan fingerprint density at radius 2 is 1.47 bits per heavy atom. The van der Waals surface area contributed by atoms with Gasteiger partial charge in [0.1, 0.15) is 5.75 Å². The van der Waals surface area contributed by atoms with Gasteiger partial charge < -0.3 is 10.1 Å². The van der Waals surface area contributed by atoms with Crippen LogP contribution in [-0.2, 0) is 30.6 Å². The number of carbonyl (C=O) groups excluding carboxylic acids is 1. The molecule has 1 aliphatic heterocycles. The van der Waals surface area contributed by atoms with Gasteiger partial charge in [-0.25, -0.2) is 21.1 Å². The maximum atomic E-state index is 12.8. The van der Waals surface area contributed by atoms with Crippen LogP contribution in [0.1, 0.15) is 25.3 Å². The minimum atomic E-state index is -3.81. The molecule has 1 amide bonds. The van der Waals surface area contributed by atoms with Crippen molar-refractivity contribution in [1.29, 1.82) is 0 Å². The first-order chi connectivity index (χ1) is 18.2. The number of carbonyl (C=O) groups is 1. The highest BCUT2D eigenvalue weighted by Crippen LogP contribution is 2.24. The first-order valence-corrected chi connectivity index (χ1v) is 15.4. The topological polar surface area (TPSA) is 122 Å². The van der Waals surface area contributed by atoms with Crippen LogP contribution in [-0.4, -0.2) is 46.7 Å². The fourth-order valence-electron chi connectivity index (χ4n) is 4.23. The van der Waals surface area contributed by atoms with Crippen molar-refractivity contribution < 1.29 is 26.4 Å². The number of nitrogens with one attached hydrogen (secondary N) is 2. The van der Waals surface area contributed by atoms with E-state index in [4.69, 9.17) is 4.74 Å². The number of anilines is 2. The summed E-state index contributed by atoms with van der Waals surface area (Å²) in [6.07, 6.45) is 0.830. The van der Waals surface area contributed by atoms with Crippen molar-refractivity contribution in [2.45, 2.75) is 30.4 Å². The van der Waals surface area contributed by atoms with Gasteiger partial charge in [-0.3, -0.25) is 9.52 Å². The average Bonchev–Trinajstić information content (AvgIpc) is 2.90. The second-order valence-corrected chi connectivity index (χ2v) is 12.6. The summed E-state index contributed by atoms with van der Waals surface area (Å²) in [6.45, 7) is 2.94. The minimum Gasteiger partial charge on any atom is -0.494 e. The van der Waals surface area contributed by atoms with Crippen molar-refractivity contribution in [3.63, 3.8) is 0 Å². The first kappa shape index (κ1) is 27.6. The maximum Gasteiger partial charge on any atom is 0.261 e. The van der Waals surface area contributed by atoms with Crippen LogP contribution in [0.5, 0.6) is 5.75 Å². The molecule has 9 nitrogen and oxygen atoms in total. The van der Waals surface area contributed by atoms with Crippen LogP contribution in [0.3, 0.4) is 0 Å². The van der Waals surface area contributed by atoms with E-state index in [-0.39, 0.29) is 35.6 Å². The Labute approximate surface area is 223 Å². The molecule has 1 aliphatic rings. The third-order valence-corrected chi connectivity index (χ3v) is 9.51. The second kappa shape index (κ2) is 12.0. The first-order valence-electron chi connectivity index (χ1n) is 12.3. The van der Waals surface area contributed by atoms with Crippen molar-refractivity contribution in [2.24, 2.45) is 5.92 Å². The number of rotatable bonds is 10. The van der Waals surface area contributed by atoms with Gasteiger partial charge in [-0.2, -0.15) is 0 Å². The number of benzene rings is 3. The molecular formula is C27H31N3O6S2. The van der Waals surface area contributed by atoms with Crippen LogP contribution in [0.4, 0.5) is 11.4 Å². The Kier molecular flexibility index (Phi) is 8.70. The Hall–Kier alpha value is -3.41. The molecule has 0 spiro atoms. The maximum absolute atomic E-state index is 12.8. The fraction of sp³-hybridized carbons (Fsp3) is 0.296. The number of amides is 1. The molecule has 4 rings (SSSR count). The standard InChI is InChI=1S/C27H31N3O6S2/c1-2-36-25-12-8-24(9-13-25)29-38(34,35)26-14-10-23(11-15-26)28-27(31)22-16-18-30(19-17-22)37(32,33)20-21-6-4-3-5-7-21/h3-15,22,29H,2,16-20H2,1H3,(H,28,31). The lowest BCUT2D eigenvalue weighted by molar-refractivity contribution is -0.120. The van der Waals surface area contributed by atoms with E-state index in [0.29, 0.717) is 36.6 Å². The number of sulfonamides is 2. The van der Waals surface area contributed by atoms with Crippen molar-refractivity contribution in [1.82, 2.24) is 4.31 Å². The quantitative estimate of drug-likeness (QED) is 0.388. The lowest BCUT2D eigenvalue weighted by Crippen LogP contribution is -2.41. The molecule has 2 N–H and O–H groups in total. The predicted molar refractivity (Wildman–Crippen MR) is 147 cm³/mol. The highest BCUT2D eigenvalue weighted by atomic mass is 32.2. The zero-order valence-electron chi connectivity index (χ0n) is 21.0. The molecule has 11 heteroatoms. The lowest BCUT2D eigenvalue weighted by Gasteiger charge is -2.30. The number of nitrogens with zero attached hydrogens (tertiary/aromatic N) is 1. The van der Waals surface area contributed by atoms with E-state index in [1.165, 1.54) is 28.6 Å². The summed E-state index contributed by atoms with van der Waals surface area (Å²) in [6, 6.07) is 21.5. The van der Waals surface area contributed by atoms with E-state index in [1.807, 2.05) is 25.1 Å². The third-order valence-electron chi connectivity index (χ3n) is 6.26. The summed E-state index contributed by atoms with van der Waals surface area (Å²) in [5, 5.41) is 2.82. The highest BCUT2D eigenvalue weighted by Gasteiger charge is 2.31. The minimum absolute atomic E-state index is 0.0568. The number of hydrogen-bond acceptors (Lipinski definition) is 6. The molecule has 0 saturated carbocycles. The van der Waals surface area contributed by atoms with Gasteiger partial charge in [-0.1, -0.05) is 30.3 Å². The highest BCUT2D eigenvalue weighted by molar-refractivity contribution is 7.92. The Bertz CT molecular complexity index is 1430. The normalized spacial score (nSPS) is 15.1. The average molecular weight is 558 g/mol. The molecule has 0 radical (unpaired) electrons. The van der Waals surface area contributed by atoms with Crippen molar-refractivity contribution in [3.8, 4) is 5.75 Å². The number of piperidine rings is 1. The van der Waals surface area contributed by atoms with Gasteiger partial charge in [0.2, 0.25) is 15.9 Å². The van der Waals surface area contributed by atoms with Gasteiger partial charge in [0.15, 0.2) is 0 Å². The molecule has 0 aliphatic carbocycles. The SMILES string of the molecule is CCOc1ccc(NS(=O)(=O)c2ccc(NC(=O)C3CCN(S(=O)(=O)Cc4ccccc4)CC3)cc2)cc1. The summed E-state index contributed by atoms with van der Waals surface area (Å²) in [5.74, 6) is 0.0408. The lowest BCUT2D eigenvalue weighted by atomic mass is 9.97. The molecule has 0 unspecified atom stereocenters. The molecule has 202 valence electrons. The van der Waals surface area contributed by atoms with E-state index >= 15 is 0 Å². The van der Waals surface area contributed by atoms with Crippen LogP contribution in [0.2, 0.25) is 0 Å². The smallest absolute Gasteiger partial charge is 0.261 e. The zero-order chi connectivity index (χ0) is 27.2. The van der Waals surface area contributed by atoms with E-state index < -0.39 is 20.0 Å². The van der Waals surface area contributed by atoms with E-state index in [2.05, 4.69) is 10.0 Å². The van der Waals surface area contributed by atoms with Crippen LogP contribution in [0.25, 0.3) is 0 Å². The molecule has 1 saturated heterocycles. The summed E-state index contributed by atoms with van der Waals surface area (Å²) >= 11 is 0. The largest absolute Gasteiger partial charge is 0.494 e. The van der Waals surface area contributed by atoms with Gasteiger partial charge in [0, 0.05) is 30.4 Å². The fourth-order valence-corrected chi connectivity index (χ4v) is 6.86. The summed E-state index contributed by atoms with van der Waals surface area (Å²) in [4.78, 5) is 12.8. The van der Waals surface area contributed by atoms with Gasteiger partial charge >= 0.3 is 0 Å². The monoisotopic (exact) mass is 557 g/mol. The molecule has 38 heavy (non-hydrogen) atoms. The Balaban J connectivity index is 1.30.